The first-order valence-electron chi connectivity index (χ1n) is 12.0. The highest BCUT2D eigenvalue weighted by molar-refractivity contribution is 8.00. The predicted molar refractivity (Wildman–Crippen MR) is 148 cm³/mol. The Morgan fingerprint density at radius 1 is 1.25 bits per heavy atom. The molecule has 0 bridgehead atoms. The van der Waals surface area contributed by atoms with Crippen LogP contribution in [-0.2, 0) is 19.7 Å². The van der Waals surface area contributed by atoms with Gasteiger partial charge in [-0.15, -0.1) is 23.1 Å². The Labute approximate surface area is 221 Å². The summed E-state index contributed by atoms with van der Waals surface area (Å²) in [6.07, 6.45) is 0. The number of rotatable bonds is 7. The third-order valence-corrected chi connectivity index (χ3v) is 8.43. The molecule has 0 saturated carbocycles. The number of thioether (sulfide) groups is 1. The second-order valence-corrected chi connectivity index (χ2v) is 12.1. The third-order valence-electron chi connectivity index (χ3n) is 6.11. The number of hydrogen-bond donors (Lipinski definition) is 1. The zero-order valence-electron chi connectivity index (χ0n) is 21.8. The van der Waals surface area contributed by atoms with Crippen molar-refractivity contribution in [2.45, 2.75) is 45.3 Å². The molecule has 2 aromatic heterocycles. The van der Waals surface area contributed by atoms with Crippen LogP contribution in [0.2, 0.25) is 0 Å². The molecular weight excluding hydrogens is 492 g/mol. The number of carbonyl (C=O) groups excluding carboxylic acids is 2. The first-order valence-corrected chi connectivity index (χ1v) is 14.0. The van der Waals surface area contributed by atoms with Crippen LogP contribution in [0.1, 0.15) is 53.3 Å². The number of ether oxygens (including phenoxy) is 1. The molecular formula is C27H34N4O3S2. The monoisotopic (exact) mass is 526 g/mol. The van der Waals surface area contributed by atoms with Crippen molar-refractivity contribution in [2.75, 3.05) is 37.5 Å². The van der Waals surface area contributed by atoms with E-state index in [1.807, 2.05) is 16.8 Å². The fourth-order valence-electron chi connectivity index (χ4n) is 4.44. The number of benzene rings is 1. The quantitative estimate of drug-likeness (QED) is 0.449. The Balaban J connectivity index is 1.96. The molecule has 192 valence electrons. The molecule has 9 heteroatoms. The Kier molecular flexibility index (Phi) is 7.92. The van der Waals surface area contributed by atoms with E-state index in [2.05, 4.69) is 63.5 Å². The standard InChI is InChI=1S/C27H34N4O3S2/c1-17-9-10-19(18(2)14-17)31-26-23(25(29-31)27(3,4)5)24(20-8-7-13-35-20)36-16-22(33)30(26)15-21(32)28-11-12-34-6/h7-10,13-14,24H,11-12,15-16H2,1-6H3,(H,28,32)/t24-/m0/s1. The van der Waals surface area contributed by atoms with Crippen LogP contribution < -0.4 is 10.2 Å². The van der Waals surface area contributed by atoms with E-state index in [1.165, 1.54) is 4.88 Å². The predicted octanol–water partition coefficient (Wildman–Crippen LogP) is 4.78. The number of aromatic nitrogens is 2. The van der Waals surface area contributed by atoms with Gasteiger partial charge in [0.1, 0.15) is 12.4 Å². The molecule has 1 aliphatic heterocycles. The number of fused-ring (bicyclic) bond motifs is 1. The van der Waals surface area contributed by atoms with Crippen molar-refractivity contribution in [3.63, 3.8) is 0 Å². The number of aryl methyl sites for hydroxylation is 2. The number of nitrogens with zero attached hydrogens (tertiary/aromatic N) is 3. The molecule has 0 saturated heterocycles. The lowest BCUT2D eigenvalue weighted by Crippen LogP contribution is -2.43. The Hall–Kier alpha value is -2.62. The van der Waals surface area contributed by atoms with Crippen molar-refractivity contribution < 1.29 is 14.3 Å². The van der Waals surface area contributed by atoms with Crippen LogP contribution in [0.15, 0.2) is 35.7 Å². The lowest BCUT2D eigenvalue weighted by atomic mass is 9.88. The average molecular weight is 527 g/mol. The fourth-order valence-corrected chi connectivity index (χ4v) is 6.62. The van der Waals surface area contributed by atoms with Crippen LogP contribution in [0.4, 0.5) is 5.82 Å². The van der Waals surface area contributed by atoms with Crippen LogP contribution in [0, 0.1) is 13.8 Å². The highest BCUT2D eigenvalue weighted by Crippen LogP contribution is 2.49. The minimum absolute atomic E-state index is 0.0563. The fraction of sp³-hybridized carbons (Fsp3) is 0.444. The van der Waals surface area contributed by atoms with Crippen LogP contribution in [0.25, 0.3) is 5.69 Å². The van der Waals surface area contributed by atoms with E-state index in [1.54, 1.807) is 35.1 Å². The molecule has 1 N–H and O–H groups in total. The normalized spacial score (nSPS) is 16.1. The highest BCUT2D eigenvalue weighted by Gasteiger charge is 2.40. The molecule has 36 heavy (non-hydrogen) atoms. The van der Waals surface area contributed by atoms with E-state index in [0.717, 1.165) is 28.1 Å². The zero-order chi connectivity index (χ0) is 26.0. The molecule has 1 aliphatic rings. The topological polar surface area (TPSA) is 76.5 Å². The summed E-state index contributed by atoms with van der Waals surface area (Å²) in [5.41, 5.74) is 4.78. The number of anilines is 1. The second-order valence-electron chi connectivity index (χ2n) is 10.1. The van der Waals surface area contributed by atoms with Crippen molar-refractivity contribution in [3.05, 3.63) is 63.0 Å². The summed E-state index contributed by atoms with van der Waals surface area (Å²) in [4.78, 5) is 29.3. The van der Waals surface area contributed by atoms with Gasteiger partial charge in [0.25, 0.3) is 0 Å². The number of carbonyl (C=O) groups is 2. The largest absolute Gasteiger partial charge is 0.383 e. The molecule has 7 nitrogen and oxygen atoms in total. The summed E-state index contributed by atoms with van der Waals surface area (Å²) in [6, 6.07) is 10.4. The maximum absolute atomic E-state index is 13.6. The molecule has 1 aromatic carbocycles. The molecule has 1 atom stereocenters. The summed E-state index contributed by atoms with van der Waals surface area (Å²) < 4.78 is 6.95. The van der Waals surface area contributed by atoms with Crippen molar-refractivity contribution >= 4 is 40.7 Å². The van der Waals surface area contributed by atoms with Gasteiger partial charge in [-0.2, -0.15) is 5.10 Å². The van der Waals surface area contributed by atoms with Gasteiger partial charge in [0.05, 0.1) is 29.0 Å². The van der Waals surface area contributed by atoms with E-state index < -0.39 is 0 Å². The van der Waals surface area contributed by atoms with Crippen molar-refractivity contribution in [1.29, 1.82) is 0 Å². The lowest BCUT2D eigenvalue weighted by molar-refractivity contribution is -0.123. The molecule has 0 fully saturated rings. The molecule has 0 aliphatic carbocycles. The SMILES string of the molecule is COCCNC(=O)CN1C(=O)CS[C@@H](c2cccs2)c2c(C(C)(C)C)nn(-c3ccc(C)cc3C)c21. The average Bonchev–Trinajstić information content (AvgIpc) is 3.44. The minimum Gasteiger partial charge on any atom is -0.383 e. The number of thiophene rings is 1. The van der Waals surface area contributed by atoms with Crippen molar-refractivity contribution in [2.24, 2.45) is 0 Å². The summed E-state index contributed by atoms with van der Waals surface area (Å²) in [6.45, 7) is 11.3. The molecule has 0 spiro atoms. The Bertz CT molecular complexity index is 1240. The molecule has 0 radical (unpaired) electrons. The number of hydrogen-bond acceptors (Lipinski definition) is 6. The van der Waals surface area contributed by atoms with Gasteiger partial charge in [-0.3, -0.25) is 14.5 Å². The van der Waals surface area contributed by atoms with Gasteiger partial charge in [0, 0.05) is 29.5 Å². The zero-order valence-corrected chi connectivity index (χ0v) is 23.4. The molecule has 2 amide bonds. The summed E-state index contributed by atoms with van der Waals surface area (Å²) in [5, 5.41) is 10.0. The summed E-state index contributed by atoms with van der Waals surface area (Å²) in [5.74, 6) is 0.631. The van der Waals surface area contributed by atoms with Gasteiger partial charge in [0.2, 0.25) is 11.8 Å². The van der Waals surface area contributed by atoms with E-state index >= 15 is 0 Å². The van der Waals surface area contributed by atoms with E-state index in [-0.39, 0.29) is 34.8 Å². The summed E-state index contributed by atoms with van der Waals surface area (Å²) in [7, 11) is 1.59. The Morgan fingerprint density at radius 3 is 2.67 bits per heavy atom. The van der Waals surface area contributed by atoms with Gasteiger partial charge in [-0.05, 0) is 36.9 Å². The van der Waals surface area contributed by atoms with Gasteiger partial charge in [-0.25, -0.2) is 4.68 Å². The van der Waals surface area contributed by atoms with E-state index in [0.29, 0.717) is 19.0 Å². The van der Waals surface area contributed by atoms with Gasteiger partial charge in [0.15, 0.2) is 0 Å². The van der Waals surface area contributed by atoms with Crippen LogP contribution in [0.5, 0.6) is 0 Å². The third kappa shape index (κ3) is 5.38. The van der Waals surface area contributed by atoms with E-state index in [4.69, 9.17) is 9.84 Å². The second kappa shape index (κ2) is 10.8. The van der Waals surface area contributed by atoms with E-state index in [9.17, 15) is 9.59 Å². The van der Waals surface area contributed by atoms with Crippen molar-refractivity contribution in [3.8, 4) is 5.69 Å². The first-order chi connectivity index (χ1) is 17.1. The smallest absolute Gasteiger partial charge is 0.240 e. The maximum Gasteiger partial charge on any atom is 0.240 e. The highest BCUT2D eigenvalue weighted by atomic mass is 32.2. The first kappa shape index (κ1) is 26.4. The maximum atomic E-state index is 13.6. The molecule has 3 aromatic rings. The summed E-state index contributed by atoms with van der Waals surface area (Å²) >= 11 is 3.29. The van der Waals surface area contributed by atoms with Crippen LogP contribution in [0.3, 0.4) is 0 Å². The molecule has 3 heterocycles. The van der Waals surface area contributed by atoms with Crippen LogP contribution in [-0.4, -0.2) is 54.2 Å². The number of amides is 2. The lowest BCUT2D eigenvalue weighted by Gasteiger charge is -2.24. The number of methoxy groups -OCH3 is 1. The number of nitrogens with one attached hydrogen (secondary N) is 1. The minimum atomic E-state index is -0.274. The van der Waals surface area contributed by atoms with Crippen molar-refractivity contribution in [1.82, 2.24) is 15.1 Å². The molecule has 0 unspecified atom stereocenters. The van der Waals surface area contributed by atoms with Gasteiger partial charge < -0.3 is 10.1 Å². The molecule has 4 rings (SSSR count). The van der Waals surface area contributed by atoms with Gasteiger partial charge in [-0.1, -0.05) is 44.5 Å². The Morgan fingerprint density at radius 2 is 2.03 bits per heavy atom. The van der Waals surface area contributed by atoms with Crippen LogP contribution >= 0.6 is 23.1 Å². The van der Waals surface area contributed by atoms with Gasteiger partial charge >= 0.3 is 0 Å².